The summed E-state index contributed by atoms with van der Waals surface area (Å²) in [6.07, 6.45) is 4.07. The van der Waals surface area contributed by atoms with E-state index in [2.05, 4.69) is 10.6 Å². The third-order valence-electron chi connectivity index (χ3n) is 4.89. The van der Waals surface area contributed by atoms with E-state index < -0.39 is 11.6 Å². The Balaban J connectivity index is 1.30. The normalized spacial score (nSPS) is 35.5. The molecule has 118 valence electrons. The van der Waals surface area contributed by atoms with Crippen molar-refractivity contribution in [2.75, 3.05) is 0 Å². The average molecular weight is 308 g/mol. The molecule has 2 bridgehead atoms. The molecular formula is C16H18F2N2O2. The van der Waals surface area contributed by atoms with Gasteiger partial charge in [0.1, 0.15) is 11.6 Å². The van der Waals surface area contributed by atoms with Gasteiger partial charge in [0, 0.05) is 18.0 Å². The summed E-state index contributed by atoms with van der Waals surface area (Å²) in [5.41, 5.74) is 0.468. The molecule has 1 aromatic rings. The van der Waals surface area contributed by atoms with Crippen molar-refractivity contribution in [2.24, 2.45) is 0 Å². The van der Waals surface area contributed by atoms with E-state index in [4.69, 9.17) is 4.74 Å². The molecule has 3 fully saturated rings. The number of rotatable bonds is 3. The van der Waals surface area contributed by atoms with E-state index in [0.29, 0.717) is 12.0 Å². The Morgan fingerprint density at radius 1 is 1.14 bits per heavy atom. The number of hydrogen-bond acceptors (Lipinski definition) is 2. The van der Waals surface area contributed by atoms with Gasteiger partial charge in [0.05, 0.1) is 18.2 Å². The summed E-state index contributed by atoms with van der Waals surface area (Å²) >= 11 is 0. The number of ether oxygens (including phenoxy) is 1. The number of carbonyl (C=O) groups is 1. The van der Waals surface area contributed by atoms with Crippen molar-refractivity contribution in [3.8, 4) is 0 Å². The summed E-state index contributed by atoms with van der Waals surface area (Å²) in [4.78, 5) is 12.0. The summed E-state index contributed by atoms with van der Waals surface area (Å²) in [6, 6.07) is 3.37. The third kappa shape index (κ3) is 2.56. The predicted octanol–water partition coefficient (Wildman–Crippen LogP) is 2.44. The molecule has 2 saturated heterocycles. The number of hydrogen-bond donors (Lipinski definition) is 2. The van der Waals surface area contributed by atoms with Crippen LogP contribution < -0.4 is 10.6 Å². The molecule has 4 rings (SSSR count). The monoisotopic (exact) mass is 308 g/mol. The second-order valence-corrected chi connectivity index (χ2v) is 6.45. The SMILES string of the molecule is O=C(N[C@@H]1C[C@@H]1c1ccc(F)cc1F)N[C@@H]1C[C@H]2CC[C@H]1O2. The lowest BCUT2D eigenvalue weighted by Gasteiger charge is -2.20. The quantitative estimate of drug-likeness (QED) is 0.901. The molecule has 2 heterocycles. The molecule has 6 heteroatoms. The van der Waals surface area contributed by atoms with Crippen molar-refractivity contribution < 1.29 is 18.3 Å². The standard InChI is InChI=1S/C16H18F2N2O2/c17-8-1-3-10(12(18)5-8)11-7-13(11)19-16(21)20-14-6-9-2-4-15(14)22-9/h1,3,5,9,11,13-15H,2,4,6-7H2,(H2,19,20,21)/t9-,11-,13-,14-,15-/m1/s1. The zero-order valence-corrected chi connectivity index (χ0v) is 12.0. The molecule has 0 unspecified atom stereocenters. The number of nitrogens with one attached hydrogen (secondary N) is 2. The summed E-state index contributed by atoms with van der Waals surface area (Å²) < 4.78 is 32.3. The third-order valence-corrected chi connectivity index (χ3v) is 4.89. The number of fused-ring (bicyclic) bond motifs is 2. The number of halogens is 2. The van der Waals surface area contributed by atoms with E-state index in [0.717, 1.165) is 25.3 Å². The molecule has 4 nitrogen and oxygen atoms in total. The molecule has 2 aliphatic heterocycles. The van der Waals surface area contributed by atoms with E-state index in [1.165, 1.54) is 12.1 Å². The van der Waals surface area contributed by atoms with Gasteiger partial charge in [0.25, 0.3) is 0 Å². The van der Waals surface area contributed by atoms with Gasteiger partial charge < -0.3 is 15.4 Å². The van der Waals surface area contributed by atoms with Gasteiger partial charge in [-0.15, -0.1) is 0 Å². The molecule has 2 amide bonds. The average Bonchev–Trinajstić information content (AvgIpc) is 2.91. The Labute approximate surface area is 127 Å². The Kier molecular flexibility index (Phi) is 3.29. The van der Waals surface area contributed by atoms with E-state index in [9.17, 15) is 13.6 Å². The van der Waals surface area contributed by atoms with Crippen LogP contribution in [0.2, 0.25) is 0 Å². The fourth-order valence-corrected chi connectivity index (χ4v) is 3.67. The van der Waals surface area contributed by atoms with Crippen molar-refractivity contribution in [3.05, 3.63) is 35.4 Å². The first-order valence-electron chi connectivity index (χ1n) is 7.77. The number of benzene rings is 1. The van der Waals surface area contributed by atoms with Crippen LogP contribution in [0.3, 0.4) is 0 Å². The van der Waals surface area contributed by atoms with Crippen molar-refractivity contribution >= 4 is 6.03 Å². The zero-order valence-electron chi connectivity index (χ0n) is 12.0. The van der Waals surface area contributed by atoms with Crippen molar-refractivity contribution in [3.63, 3.8) is 0 Å². The molecule has 0 spiro atoms. The van der Waals surface area contributed by atoms with Gasteiger partial charge in [-0.1, -0.05) is 6.07 Å². The maximum atomic E-state index is 13.7. The van der Waals surface area contributed by atoms with E-state index in [1.54, 1.807) is 0 Å². The van der Waals surface area contributed by atoms with Gasteiger partial charge in [-0.3, -0.25) is 0 Å². The molecule has 1 aromatic carbocycles. The minimum atomic E-state index is -0.583. The second-order valence-electron chi connectivity index (χ2n) is 6.45. The van der Waals surface area contributed by atoms with E-state index in [-0.39, 0.29) is 36.2 Å². The van der Waals surface area contributed by atoms with Crippen LogP contribution in [0.1, 0.15) is 37.2 Å². The fraction of sp³-hybridized carbons (Fsp3) is 0.562. The highest BCUT2D eigenvalue weighted by Crippen LogP contribution is 2.42. The minimum absolute atomic E-state index is 0.0670. The van der Waals surface area contributed by atoms with Crippen LogP contribution in [0, 0.1) is 11.6 Å². The first-order valence-corrected chi connectivity index (χ1v) is 7.77. The zero-order chi connectivity index (χ0) is 15.3. The first kappa shape index (κ1) is 13.9. The molecule has 1 saturated carbocycles. The van der Waals surface area contributed by atoms with Crippen molar-refractivity contribution in [1.82, 2.24) is 10.6 Å². The largest absolute Gasteiger partial charge is 0.373 e. The lowest BCUT2D eigenvalue weighted by molar-refractivity contribution is 0.0981. The van der Waals surface area contributed by atoms with Crippen LogP contribution in [0.5, 0.6) is 0 Å². The number of carbonyl (C=O) groups excluding carboxylic acids is 1. The summed E-state index contributed by atoms with van der Waals surface area (Å²) in [5.74, 6) is -1.20. The van der Waals surface area contributed by atoms with Gasteiger partial charge >= 0.3 is 6.03 Å². The summed E-state index contributed by atoms with van der Waals surface area (Å²) in [6.45, 7) is 0. The highest BCUT2D eigenvalue weighted by atomic mass is 19.1. The van der Waals surface area contributed by atoms with E-state index in [1.807, 2.05) is 0 Å². The smallest absolute Gasteiger partial charge is 0.315 e. The van der Waals surface area contributed by atoms with Crippen molar-refractivity contribution in [1.29, 1.82) is 0 Å². The molecule has 2 N–H and O–H groups in total. The fourth-order valence-electron chi connectivity index (χ4n) is 3.67. The molecule has 22 heavy (non-hydrogen) atoms. The highest BCUT2D eigenvalue weighted by molar-refractivity contribution is 5.75. The van der Waals surface area contributed by atoms with Crippen LogP contribution in [0.25, 0.3) is 0 Å². The molecule has 0 radical (unpaired) electrons. The molecule has 0 aromatic heterocycles. The molecule has 3 aliphatic rings. The number of urea groups is 1. The number of amides is 2. The highest BCUT2D eigenvalue weighted by Gasteiger charge is 2.44. The van der Waals surface area contributed by atoms with Crippen LogP contribution in [-0.2, 0) is 4.74 Å². The Morgan fingerprint density at radius 3 is 2.64 bits per heavy atom. The lowest BCUT2D eigenvalue weighted by atomic mass is 9.96. The minimum Gasteiger partial charge on any atom is -0.373 e. The summed E-state index contributed by atoms with van der Waals surface area (Å²) in [5, 5.41) is 5.81. The van der Waals surface area contributed by atoms with Gasteiger partial charge in [-0.25, -0.2) is 13.6 Å². The van der Waals surface area contributed by atoms with Gasteiger partial charge in [0.15, 0.2) is 0 Å². The van der Waals surface area contributed by atoms with Crippen molar-refractivity contribution in [2.45, 2.75) is 55.9 Å². The maximum absolute atomic E-state index is 13.7. The predicted molar refractivity (Wildman–Crippen MR) is 75.5 cm³/mol. The van der Waals surface area contributed by atoms with Gasteiger partial charge in [-0.2, -0.15) is 0 Å². The molecule has 1 aliphatic carbocycles. The first-order chi connectivity index (χ1) is 10.6. The maximum Gasteiger partial charge on any atom is 0.315 e. The second kappa shape index (κ2) is 5.19. The topological polar surface area (TPSA) is 50.4 Å². The van der Waals surface area contributed by atoms with E-state index >= 15 is 0 Å². The van der Waals surface area contributed by atoms with Gasteiger partial charge in [0.2, 0.25) is 0 Å². The Bertz CT molecular complexity index is 610. The van der Waals surface area contributed by atoms with Crippen LogP contribution >= 0.6 is 0 Å². The molecular weight excluding hydrogens is 290 g/mol. The van der Waals surface area contributed by atoms with Gasteiger partial charge in [-0.05, 0) is 37.3 Å². The Morgan fingerprint density at radius 2 is 1.95 bits per heavy atom. The van der Waals surface area contributed by atoms with Crippen LogP contribution in [0.15, 0.2) is 18.2 Å². The van der Waals surface area contributed by atoms with Crippen LogP contribution in [-0.4, -0.2) is 30.3 Å². The summed E-state index contributed by atoms with van der Waals surface area (Å²) in [7, 11) is 0. The lowest BCUT2D eigenvalue weighted by Crippen LogP contribution is -2.47. The Hall–Kier alpha value is -1.69. The molecule has 5 atom stereocenters. The van der Waals surface area contributed by atoms with Crippen LogP contribution in [0.4, 0.5) is 13.6 Å².